The molecule has 122 valence electrons. The summed E-state index contributed by atoms with van der Waals surface area (Å²) in [6, 6.07) is 3.83. The number of hydrogen-bond acceptors (Lipinski definition) is 4. The van der Waals surface area contributed by atoms with E-state index in [-0.39, 0.29) is 24.2 Å². The van der Waals surface area contributed by atoms with Crippen LogP contribution in [0.25, 0.3) is 0 Å². The van der Waals surface area contributed by atoms with E-state index >= 15 is 0 Å². The van der Waals surface area contributed by atoms with E-state index in [9.17, 15) is 8.42 Å². The van der Waals surface area contributed by atoms with Gasteiger partial charge >= 0.3 is 0 Å². The average molecular weight is 353 g/mol. The summed E-state index contributed by atoms with van der Waals surface area (Å²) < 4.78 is 27.2. The summed E-state index contributed by atoms with van der Waals surface area (Å²) in [4.78, 5) is 1.11. The second-order valence-electron chi connectivity index (χ2n) is 5.51. The molecule has 2 rings (SSSR count). The molecule has 1 atom stereocenters. The Morgan fingerprint density at radius 2 is 2.05 bits per heavy atom. The molecule has 0 amide bonds. The van der Waals surface area contributed by atoms with Gasteiger partial charge in [-0.15, -0.1) is 23.7 Å². The van der Waals surface area contributed by atoms with Crippen molar-refractivity contribution in [2.24, 2.45) is 11.7 Å². The first-order valence-electron chi connectivity index (χ1n) is 7.33. The second-order valence-corrected chi connectivity index (χ2v) is 8.41. The number of aryl methyl sites for hydroxylation is 1. The number of halogens is 1. The molecule has 0 radical (unpaired) electrons. The van der Waals surface area contributed by atoms with Gasteiger partial charge < -0.3 is 5.73 Å². The summed E-state index contributed by atoms with van der Waals surface area (Å²) in [5.74, 6) is 0.557. The van der Waals surface area contributed by atoms with Gasteiger partial charge in [-0.1, -0.05) is 25.3 Å². The zero-order valence-corrected chi connectivity index (χ0v) is 14.6. The van der Waals surface area contributed by atoms with Gasteiger partial charge in [0.15, 0.2) is 0 Å². The maximum atomic E-state index is 12.2. The van der Waals surface area contributed by atoms with Crippen molar-refractivity contribution in [1.29, 1.82) is 0 Å². The molecule has 3 N–H and O–H groups in total. The standard InChI is InChI=1S/C14H24N2O2S2.ClH/c15-11-14(12-5-2-1-3-6-12)16-20(17,18)10-8-13-7-4-9-19-13;/h4,7,9,12,14,16H,1-3,5-6,8,10-11,15H2;1H. The summed E-state index contributed by atoms with van der Waals surface area (Å²) in [5.41, 5.74) is 5.78. The molecule has 1 aromatic heterocycles. The molecule has 7 heteroatoms. The fourth-order valence-corrected chi connectivity index (χ4v) is 5.05. The van der Waals surface area contributed by atoms with E-state index in [4.69, 9.17) is 5.73 Å². The SMILES string of the molecule is Cl.NCC(NS(=O)(=O)CCc1cccs1)C1CCCCC1. The highest BCUT2D eigenvalue weighted by molar-refractivity contribution is 7.89. The predicted octanol–water partition coefficient (Wildman–Crippen LogP) is 2.54. The molecule has 1 saturated carbocycles. The third kappa shape index (κ3) is 6.24. The van der Waals surface area contributed by atoms with Gasteiger partial charge in [-0.2, -0.15) is 0 Å². The van der Waals surface area contributed by atoms with E-state index in [0.29, 0.717) is 18.9 Å². The van der Waals surface area contributed by atoms with Gasteiger partial charge in [0.2, 0.25) is 10.0 Å². The van der Waals surface area contributed by atoms with Gasteiger partial charge in [-0.3, -0.25) is 0 Å². The van der Waals surface area contributed by atoms with Crippen LogP contribution in [-0.4, -0.2) is 26.8 Å². The zero-order valence-electron chi connectivity index (χ0n) is 12.2. The van der Waals surface area contributed by atoms with E-state index in [2.05, 4.69) is 4.72 Å². The molecule has 1 unspecified atom stereocenters. The Morgan fingerprint density at radius 1 is 1.33 bits per heavy atom. The van der Waals surface area contributed by atoms with E-state index in [0.717, 1.165) is 17.7 Å². The third-order valence-corrected chi connectivity index (χ3v) is 6.34. The Balaban J connectivity index is 0.00000220. The van der Waals surface area contributed by atoms with Gasteiger partial charge in [0.1, 0.15) is 0 Å². The number of thiophene rings is 1. The highest BCUT2D eigenvalue weighted by Gasteiger charge is 2.26. The lowest BCUT2D eigenvalue weighted by Gasteiger charge is -2.29. The summed E-state index contributed by atoms with van der Waals surface area (Å²) >= 11 is 1.60. The quantitative estimate of drug-likeness (QED) is 0.792. The number of nitrogens with two attached hydrogens (primary N) is 1. The van der Waals surface area contributed by atoms with Crippen molar-refractivity contribution in [1.82, 2.24) is 4.72 Å². The fraction of sp³-hybridized carbons (Fsp3) is 0.714. The molecule has 1 aliphatic carbocycles. The highest BCUT2D eigenvalue weighted by atomic mass is 35.5. The van der Waals surface area contributed by atoms with Crippen LogP contribution in [0.3, 0.4) is 0 Å². The third-order valence-electron chi connectivity index (χ3n) is 4.00. The summed E-state index contributed by atoms with van der Waals surface area (Å²) in [5, 5.41) is 1.97. The molecule has 1 aromatic rings. The van der Waals surface area contributed by atoms with Gasteiger partial charge in [-0.25, -0.2) is 13.1 Å². The van der Waals surface area contributed by atoms with E-state index in [1.54, 1.807) is 11.3 Å². The van der Waals surface area contributed by atoms with Crippen molar-refractivity contribution in [2.45, 2.75) is 44.6 Å². The Hall–Kier alpha value is -0.140. The fourth-order valence-electron chi connectivity index (χ4n) is 2.85. The van der Waals surface area contributed by atoms with E-state index in [1.165, 1.54) is 19.3 Å². The molecular weight excluding hydrogens is 328 g/mol. The van der Waals surface area contributed by atoms with Crippen molar-refractivity contribution in [2.75, 3.05) is 12.3 Å². The molecule has 1 heterocycles. The predicted molar refractivity (Wildman–Crippen MR) is 91.6 cm³/mol. The Kier molecular flexibility index (Phi) is 8.19. The number of sulfonamides is 1. The van der Waals surface area contributed by atoms with Gasteiger partial charge in [0.25, 0.3) is 0 Å². The summed E-state index contributed by atoms with van der Waals surface area (Å²) in [6.45, 7) is 0.392. The van der Waals surface area contributed by atoms with Crippen molar-refractivity contribution in [3.8, 4) is 0 Å². The monoisotopic (exact) mass is 352 g/mol. The van der Waals surface area contributed by atoms with Crippen LogP contribution < -0.4 is 10.5 Å². The summed E-state index contributed by atoms with van der Waals surface area (Å²) in [7, 11) is -3.24. The van der Waals surface area contributed by atoms with Crippen LogP contribution >= 0.6 is 23.7 Å². The molecule has 0 aliphatic heterocycles. The zero-order chi connectivity index (χ0) is 14.4. The Bertz CT molecular complexity index is 485. The normalized spacial score (nSPS) is 18.1. The van der Waals surface area contributed by atoms with Gasteiger partial charge in [-0.05, 0) is 36.6 Å². The lowest BCUT2D eigenvalue weighted by atomic mass is 9.84. The lowest BCUT2D eigenvalue weighted by Crippen LogP contribution is -2.46. The van der Waals surface area contributed by atoms with Crippen LogP contribution in [0.5, 0.6) is 0 Å². The first-order chi connectivity index (χ1) is 9.61. The van der Waals surface area contributed by atoms with Crippen LogP contribution in [0.4, 0.5) is 0 Å². The molecule has 1 aliphatic rings. The van der Waals surface area contributed by atoms with Crippen molar-refractivity contribution in [3.63, 3.8) is 0 Å². The molecular formula is C14H25ClN2O2S2. The molecule has 4 nitrogen and oxygen atoms in total. The van der Waals surface area contributed by atoms with Crippen LogP contribution in [0.2, 0.25) is 0 Å². The topological polar surface area (TPSA) is 72.2 Å². The molecule has 21 heavy (non-hydrogen) atoms. The molecule has 1 fully saturated rings. The Morgan fingerprint density at radius 3 is 2.62 bits per heavy atom. The van der Waals surface area contributed by atoms with E-state index < -0.39 is 10.0 Å². The smallest absolute Gasteiger partial charge is 0.212 e. The second kappa shape index (κ2) is 9.10. The van der Waals surface area contributed by atoms with Crippen molar-refractivity contribution >= 4 is 33.8 Å². The van der Waals surface area contributed by atoms with Gasteiger partial charge in [0.05, 0.1) is 5.75 Å². The average Bonchev–Trinajstić information content (AvgIpc) is 2.97. The molecule has 0 spiro atoms. The van der Waals surface area contributed by atoms with Crippen LogP contribution in [-0.2, 0) is 16.4 Å². The van der Waals surface area contributed by atoms with Crippen LogP contribution in [0, 0.1) is 5.92 Å². The first kappa shape index (κ1) is 18.9. The molecule has 0 bridgehead atoms. The van der Waals surface area contributed by atoms with Crippen molar-refractivity contribution < 1.29 is 8.42 Å². The highest BCUT2D eigenvalue weighted by Crippen LogP contribution is 2.26. The molecule has 0 aromatic carbocycles. The van der Waals surface area contributed by atoms with Crippen LogP contribution in [0.15, 0.2) is 17.5 Å². The van der Waals surface area contributed by atoms with Crippen LogP contribution in [0.1, 0.15) is 37.0 Å². The maximum absolute atomic E-state index is 12.2. The first-order valence-corrected chi connectivity index (χ1v) is 9.86. The van der Waals surface area contributed by atoms with E-state index in [1.807, 2.05) is 17.5 Å². The number of rotatable bonds is 7. The van der Waals surface area contributed by atoms with Crippen molar-refractivity contribution in [3.05, 3.63) is 22.4 Å². The largest absolute Gasteiger partial charge is 0.329 e. The lowest BCUT2D eigenvalue weighted by molar-refractivity contribution is 0.294. The minimum Gasteiger partial charge on any atom is -0.329 e. The summed E-state index contributed by atoms with van der Waals surface area (Å²) in [6.07, 6.45) is 6.41. The number of nitrogens with one attached hydrogen (secondary N) is 1. The maximum Gasteiger partial charge on any atom is 0.212 e. The minimum atomic E-state index is -3.24. The minimum absolute atomic E-state index is 0. The molecule has 0 saturated heterocycles. The number of hydrogen-bond donors (Lipinski definition) is 2. The Labute approximate surface area is 138 Å². The van der Waals surface area contributed by atoms with Gasteiger partial charge in [0, 0.05) is 17.5 Å².